The Morgan fingerprint density at radius 2 is 1.71 bits per heavy atom. The summed E-state index contributed by atoms with van der Waals surface area (Å²) in [7, 11) is 3.27. The van der Waals surface area contributed by atoms with E-state index in [1.165, 1.54) is 0 Å². The third kappa shape index (κ3) is 3.76. The van der Waals surface area contributed by atoms with Crippen LogP contribution in [0.4, 0.5) is 0 Å². The highest BCUT2D eigenvalue weighted by molar-refractivity contribution is 6.07. The van der Waals surface area contributed by atoms with Crippen molar-refractivity contribution in [2.45, 2.75) is 31.7 Å². The van der Waals surface area contributed by atoms with E-state index >= 15 is 0 Å². The van der Waals surface area contributed by atoms with E-state index in [-0.39, 0.29) is 36.2 Å². The van der Waals surface area contributed by atoms with Crippen molar-refractivity contribution in [2.24, 2.45) is 16.9 Å². The molecule has 2 aliphatic heterocycles. The number of nitrogens with one attached hydrogen (secondary N) is 1. The fourth-order valence-corrected chi connectivity index (χ4v) is 4.38. The average molecular weight is 406 g/mol. The molecule has 28 heavy (non-hydrogen) atoms. The minimum absolute atomic E-state index is 0. The number of halogens is 1. The van der Waals surface area contributed by atoms with Gasteiger partial charge in [-0.15, -0.1) is 12.4 Å². The van der Waals surface area contributed by atoms with E-state index in [1.807, 2.05) is 18.2 Å². The molecule has 4 rings (SSSR count). The number of piperidine rings is 1. The molecule has 0 bridgehead atoms. The summed E-state index contributed by atoms with van der Waals surface area (Å²) in [5.41, 5.74) is 1.99. The van der Waals surface area contributed by atoms with Gasteiger partial charge in [-0.2, -0.15) is 5.10 Å². The van der Waals surface area contributed by atoms with Gasteiger partial charge >= 0.3 is 0 Å². The first kappa shape index (κ1) is 20.7. The fraction of sp³-hybridized carbons (Fsp3) is 0.524. The lowest BCUT2D eigenvalue weighted by Crippen LogP contribution is -2.51. The topological polar surface area (TPSA) is 63.2 Å². The molecule has 1 saturated heterocycles. The van der Waals surface area contributed by atoms with Crippen molar-refractivity contribution in [1.82, 2.24) is 10.3 Å². The van der Waals surface area contributed by atoms with Gasteiger partial charge in [0.25, 0.3) is 0 Å². The van der Waals surface area contributed by atoms with Crippen LogP contribution < -0.4 is 14.8 Å². The van der Waals surface area contributed by atoms with Crippen molar-refractivity contribution in [3.05, 3.63) is 35.9 Å². The molecule has 1 aliphatic carbocycles. The number of hydrogen-bond acceptors (Lipinski definition) is 5. The molecule has 152 valence electrons. The molecule has 2 atom stereocenters. The fourth-order valence-electron chi connectivity index (χ4n) is 4.38. The minimum Gasteiger partial charge on any atom is -0.493 e. The van der Waals surface area contributed by atoms with Gasteiger partial charge in [-0.1, -0.05) is 12.2 Å². The monoisotopic (exact) mass is 405 g/mol. The number of methoxy groups -OCH3 is 2. The van der Waals surface area contributed by atoms with E-state index in [4.69, 9.17) is 14.6 Å². The molecule has 0 spiro atoms. The Kier molecular flexibility index (Phi) is 6.62. The lowest BCUT2D eigenvalue weighted by atomic mass is 9.76. The smallest absolute Gasteiger partial charge is 0.247 e. The van der Waals surface area contributed by atoms with Crippen LogP contribution in [0, 0.1) is 11.8 Å². The van der Waals surface area contributed by atoms with Gasteiger partial charge in [0.1, 0.15) is 0 Å². The van der Waals surface area contributed by atoms with Gasteiger partial charge in [0.2, 0.25) is 5.91 Å². The van der Waals surface area contributed by atoms with Crippen LogP contribution in [0.3, 0.4) is 0 Å². The average Bonchev–Trinajstić information content (AvgIpc) is 2.74. The first-order valence-corrected chi connectivity index (χ1v) is 9.72. The van der Waals surface area contributed by atoms with Crippen LogP contribution in [0.2, 0.25) is 0 Å². The van der Waals surface area contributed by atoms with Crippen molar-refractivity contribution in [2.75, 3.05) is 27.3 Å². The summed E-state index contributed by atoms with van der Waals surface area (Å²) in [6, 6.07) is 6.09. The predicted octanol–water partition coefficient (Wildman–Crippen LogP) is 3.01. The maximum Gasteiger partial charge on any atom is 0.247 e. The van der Waals surface area contributed by atoms with Gasteiger partial charge in [0.05, 0.1) is 31.9 Å². The van der Waals surface area contributed by atoms with Crippen molar-refractivity contribution in [3.63, 3.8) is 0 Å². The summed E-state index contributed by atoms with van der Waals surface area (Å²) in [5, 5.41) is 10.1. The standard InChI is InChI=1S/C21H27N3O3.ClH/c1-26-18-8-7-14(13-19(18)27-2)20-16-5-3-4-6-17(16)21(25)24(23-20)15-9-11-22-12-10-15;/h3-4,7-8,13,15-17,22H,5-6,9-12H2,1-2H3;1H/t16?,17-;/m1./s1. The number of carbonyl (C=O) groups excluding carboxylic acids is 1. The molecule has 1 amide bonds. The van der Waals surface area contributed by atoms with E-state index in [1.54, 1.807) is 19.2 Å². The molecule has 1 aromatic rings. The highest BCUT2D eigenvalue weighted by atomic mass is 35.5. The zero-order valence-corrected chi connectivity index (χ0v) is 17.2. The summed E-state index contributed by atoms with van der Waals surface area (Å²) < 4.78 is 10.9. The third-order valence-corrected chi connectivity index (χ3v) is 5.88. The second-order valence-electron chi connectivity index (χ2n) is 7.37. The van der Waals surface area contributed by atoms with Crippen LogP contribution in [0.1, 0.15) is 31.2 Å². The van der Waals surface area contributed by atoms with Crippen LogP contribution in [0.15, 0.2) is 35.5 Å². The maximum absolute atomic E-state index is 13.2. The number of fused-ring (bicyclic) bond motifs is 1. The molecule has 1 fully saturated rings. The number of benzene rings is 1. The number of amides is 1. The molecule has 0 aromatic heterocycles. The zero-order chi connectivity index (χ0) is 18.8. The van der Waals surface area contributed by atoms with Gasteiger partial charge in [0, 0.05) is 11.5 Å². The Balaban J connectivity index is 0.00000225. The predicted molar refractivity (Wildman–Crippen MR) is 111 cm³/mol. The van der Waals surface area contributed by atoms with Crippen LogP contribution in [0.25, 0.3) is 0 Å². The molecule has 3 aliphatic rings. The normalized spacial score (nSPS) is 24.9. The second-order valence-corrected chi connectivity index (χ2v) is 7.37. The second kappa shape index (κ2) is 8.97. The molecule has 0 saturated carbocycles. The number of hydrazone groups is 1. The van der Waals surface area contributed by atoms with Crippen molar-refractivity contribution >= 4 is 24.0 Å². The first-order chi connectivity index (χ1) is 13.2. The quantitative estimate of drug-likeness (QED) is 0.782. The maximum atomic E-state index is 13.2. The van der Waals surface area contributed by atoms with E-state index in [0.717, 1.165) is 50.0 Å². The molecule has 1 unspecified atom stereocenters. The van der Waals surface area contributed by atoms with Crippen LogP contribution in [0.5, 0.6) is 11.5 Å². The Bertz CT molecular complexity index is 774. The molecular weight excluding hydrogens is 378 g/mol. The molecule has 1 aromatic carbocycles. The highest BCUT2D eigenvalue weighted by Gasteiger charge is 2.42. The molecular formula is C21H28ClN3O3. The van der Waals surface area contributed by atoms with Crippen LogP contribution in [-0.2, 0) is 4.79 Å². The van der Waals surface area contributed by atoms with Crippen LogP contribution in [-0.4, -0.2) is 50.0 Å². The molecule has 1 N–H and O–H groups in total. The minimum atomic E-state index is -0.0227. The van der Waals surface area contributed by atoms with Gasteiger partial charge < -0.3 is 14.8 Å². The third-order valence-electron chi connectivity index (χ3n) is 5.88. The van der Waals surface area contributed by atoms with E-state index < -0.39 is 0 Å². The number of ether oxygens (including phenoxy) is 2. The number of nitrogens with zero attached hydrogens (tertiary/aromatic N) is 2. The summed E-state index contributed by atoms with van der Waals surface area (Å²) in [4.78, 5) is 13.2. The summed E-state index contributed by atoms with van der Waals surface area (Å²) in [6.07, 6.45) is 7.84. The summed E-state index contributed by atoms with van der Waals surface area (Å²) in [6.45, 7) is 1.87. The first-order valence-electron chi connectivity index (χ1n) is 9.72. The molecule has 0 radical (unpaired) electrons. The number of rotatable bonds is 4. The largest absolute Gasteiger partial charge is 0.493 e. The number of allylic oxidation sites excluding steroid dienone is 2. The Labute approximate surface area is 172 Å². The van der Waals surface area contributed by atoms with Gasteiger partial charge in [-0.3, -0.25) is 4.79 Å². The van der Waals surface area contributed by atoms with E-state index in [0.29, 0.717) is 11.5 Å². The lowest BCUT2D eigenvalue weighted by molar-refractivity contribution is -0.141. The van der Waals surface area contributed by atoms with Gasteiger partial charge in [0.15, 0.2) is 11.5 Å². The Morgan fingerprint density at radius 1 is 1.04 bits per heavy atom. The number of carbonyl (C=O) groups is 1. The van der Waals surface area contributed by atoms with Crippen molar-refractivity contribution in [3.8, 4) is 11.5 Å². The zero-order valence-electron chi connectivity index (χ0n) is 16.4. The van der Waals surface area contributed by atoms with Crippen molar-refractivity contribution < 1.29 is 14.3 Å². The van der Waals surface area contributed by atoms with Gasteiger partial charge in [-0.05, 0) is 57.0 Å². The SMILES string of the molecule is COc1ccc(C2=NN(C3CCNCC3)C(=O)[C@@H]3CC=CCC23)cc1OC.Cl. The molecule has 2 heterocycles. The Morgan fingerprint density at radius 3 is 2.39 bits per heavy atom. The van der Waals surface area contributed by atoms with Crippen molar-refractivity contribution in [1.29, 1.82) is 0 Å². The van der Waals surface area contributed by atoms with E-state index in [9.17, 15) is 4.79 Å². The molecule has 7 heteroatoms. The van der Waals surface area contributed by atoms with Gasteiger partial charge in [-0.25, -0.2) is 5.01 Å². The van der Waals surface area contributed by atoms with E-state index in [2.05, 4.69) is 17.5 Å². The Hall–Kier alpha value is -2.05. The lowest BCUT2D eigenvalue weighted by Gasteiger charge is -2.41. The van der Waals surface area contributed by atoms with Crippen LogP contribution >= 0.6 is 12.4 Å². The summed E-state index contributed by atoms with van der Waals surface area (Å²) in [5.74, 6) is 1.67. The molecule has 6 nitrogen and oxygen atoms in total. The number of hydrogen-bond donors (Lipinski definition) is 1. The summed E-state index contributed by atoms with van der Waals surface area (Å²) >= 11 is 0. The highest BCUT2D eigenvalue weighted by Crippen LogP contribution is 2.38.